The third-order valence-electron chi connectivity index (χ3n) is 6.95. The van der Waals surface area contributed by atoms with E-state index in [1.54, 1.807) is 13.4 Å². The van der Waals surface area contributed by atoms with E-state index in [0.717, 1.165) is 53.2 Å². The Bertz CT molecular complexity index is 1460. The fourth-order valence-electron chi connectivity index (χ4n) is 5.16. The molecule has 1 aliphatic carbocycles. The van der Waals surface area contributed by atoms with Gasteiger partial charge in [0.05, 0.1) is 12.8 Å². The molecule has 2 N–H and O–H groups in total. The third-order valence-corrected chi connectivity index (χ3v) is 6.95. The molecule has 0 bridgehead atoms. The quantitative estimate of drug-likeness (QED) is 0.420. The minimum absolute atomic E-state index is 0.0986. The second-order valence-corrected chi connectivity index (χ2v) is 9.05. The van der Waals surface area contributed by atoms with Gasteiger partial charge in [0.25, 0.3) is 0 Å². The number of aryl methyl sites for hydroxylation is 2. The molecule has 7 heteroatoms. The first-order chi connectivity index (χ1) is 17.2. The number of aromatic nitrogens is 3. The van der Waals surface area contributed by atoms with Gasteiger partial charge < -0.3 is 19.9 Å². The molecule has 0 atom stereocenters. The van der Waals surface area contributed by atoms with Crippen LogP contribution in [0.5, 0.6) is 5.75 Å². The number of hydrogen-bond donors (Lipinski definition) is 2. The zero-order valence-corrected chi connectivity index (χ0v) is 19.7. The molecular weight excluding hydrogens is 438 g/mol. The second-order valence-electron chi connectivity index (χ2n) is 9.05. The number of benzene rings is 2. The molecule has 3 heterocycles. The van der Waals surface area contributed by atoms with Gasteiger partial charge in [0, 0.05) is 29.9 Å². The number of rotatable bonds is 4. The Kier molecular flexibility index (Phi) is 5.45. The highest BCUT2D eigenvalue weighted by Gasteiger charge is 2.24. The van der Waals surface area contributed by atoms with Gasteiger partial charge in [-0.15, -0.1) is 0 Å². The normalized spacial score (nSPS) is 15.1. The number of H-pyrrole nitrogens is 1. The van der Waals surface area contributed by atoms with Gasteiger partial charge in [0.15, 0.2) is 0 Å². The number of anilines is 1. The van der Waals surface area contributed by atoms with Crippen molar-refractivity contribution in [1.29, 1.82) is 0 Å². The molecule has 1 aliphatic heterocycles. The molecule has 2 aromatic heterocycles. The summed E-state index contributed by atoms with van der Waals surface area (Å²) < 4.78 is 5.34. The first-order valence-electron chi connectivity index (χ1n) is 12.0. The van der Waals surface area contributed by atoms with Crippen molar-refractivity contribution in [3.8, 4) is 16.9 Å². The molecule has 0 saturated heterocycles. The van der Waals surface area contributed by atoms with E-state index in [0.29, 0.717) is 13.1 Å². The lowest BCUT2D eigenvalue weighted by atomic mass is 10.00. The van der Waals surface area contributed by atoms with Crippen LogP contribution in [0, 0.1) is 0 Å². The molecule has 0 fully saturated rings. The van der Waals surface area contributed by atoms with Gasteiger partial charge in [-0.3, -0.25) is 0 Å². The monoisotopic (exact) mass is 465 g/mol. The summed E-state index contributed by atoms with van der Waals surface area (Å²) in [5.74, 6) is 0.804. The molecular formula is C28H27N5O2. The van der Waals surface area contributed by atoms with Gasteiger partial charge in [-0.25, -0.2) is 14.8 Å². The number of nitrogens with zero attached hydrogens (tertiary/aromatic N) is 3. The van der Waals surface area contributed by atoms with Crippen LogP contribution in [0.15, 0.2) is 60.9 Å². The van der Waals surface area contributed by atoms with Gasteiger partial charge in [-0.05, 0) is 72.2 Å². The summed E-state index contributed by atoms with van der Waals surface area (Å²) in [4.78, 5) is 27.4. The highest BCUT2D eigenvalue weighted by atomic mass is 16.5. The average Bonchev–Trinajstić information content (AvgIpc) is 3.50. The average molecular weight is 466 g/mol. The number of amides is 2. The standard InChI is InChI=1S/C28H27N5O2/c1-35-22-8-3-6-20(16-22)19-5-2-7-21(15-19)31-28(34)33-13-11-18(12-14-33)26-25-23-9-4-10-24(23)32-27(25)30-17-29-26/h2-3,5-8,11,15-17H,4,9-10,12-14H2,1H3,(H,31,34)(H,29,30,32). The van der Waals surface area contributed by atoms with E-state index in [2.05, 4.69) is 26.3 Å². The lowest BCUT2D eigenvalue weighted by Gasteiger charge is -2.27. The van der Waals surface area contributed by atoms with Crippen molar-refractivity contribution in [2.24, 2.45) is 0 Å². The summed E-state index contributed by atoms with van der Waals surface area (Å²) in [5.41, 5.74) is 8.63. The summed E-state index contributed by atoms with van der Waals surface area (Å²) in [6.45, 7) is 1.19. The second kappa shape index (κ2) is 8.91. The Morgan fingerprint density at radius 2 is 1.91 bits per heavy atom. The van der Waals surface area contributed by atoms with Crippen LogP contribution in [0.1, 0.15) is 29.8 Å². The highest BCUT2D eigenvalue weighted by Crippen LogP contribution is 2.34. The van der Waals surface area contributed by atoms with E-state index in [-0.39, 0.29) is 6.03 Å². The van der Waals surface area contributed by atoms with Crippen molar-refractivity contribution in [1.82, 2.24) is 19.9 Å². The summed E-state index contributed by atoms with van der Waals surface area (Å²) in [7, 11) is 1.66. The Balaban J connectivity index is 1.18. The number of ether oxygens (including phenoxy) is 1. The number of aromatic amines is 1. The number of fused-ring (bicyclic) bond motifs is 3. The third kappa shape index (κ3) is 4.03. The van der Waals surface area contributed by atoms with Gasteiger partial charge in [-0.2, -0.15) is 0 Å². The van der Waals surface area contributed by atoms with Crippen molar-refractivity contribution in [3.05, 3.63) is 77.9 Å². The lowest BCUT2D eigenvalue weighted by Crippen LogP contribution is -2.38. The molecule has 2 aliphatic rings. The number of carbonyl (C=O) groups is 1. The smallest absolute Gasteiger partial charge is 0.322 e. The number of hydrogen-bond acceptors (Lipinski definition) is 4. The fourth-order valence-corrected chi connectivity index (χ4v) is 5.16. The molecule has 2 amide bonds. The van der Waals surface area contributed by atoms with E-state index in [1.165, 1.54) is 28.6 Å². The first kappa shape index (κ1) is 21.4. The first-order valence-corrected chi connectivity index (χ1v) is 12.0. The molecule has 2 aromatic carbocycles. The molecule has 4 aromatic rings. The van der Waals surface area contributed by atoms with Gasteiger partial charge in [-0.1, -0.05) is 30.3 Å². The summed E-state index contributed by atoms with van der Waals surface area (Å²) >= 11 is 0. The van der Waals surface area contributed by atoms with Crippen LogP contribution in [0.25, 0.3) is 27.7 Å². The lowest BCUT2D eigenvalue weighted by molar-refractivity contribution is 0.217. The van der Waals surface area contributed by atoms with E-state index in [9.17, 15) is 4.79 Å². The van der Waals surface area contributed by atoms with Crippen molar-refractivity contribution in [3.63, 3.8) is 0 Å². The van der Waals surface area contributed by atoms with Crippen LogP contribution in [0.3, 0.4) is 0 Å². The number of nitrogens with one attached hydrogen (secondary N) is 2. The van der Waals surface area contributed by atoms with Crippen LogP contribution >= 0.6 is 0 Å². The molecule has 0 radical (unpaired) electrons. The van der Waals surface area contributed by atoms with Gasteiger partial charge >= 0.3 is 6.03 Å². The molecule has 35 heavy (non-hydrogen) atoms. The summed E-state index contributed by atoms with van der Waals surface area (Å²) in [6.07, 6.45) is 7.87. The Morgan fingerprint density at radius 1 is 1.06 bits per heavy atom. The Labute approximate surface area is 203 Å². The zero-order chi connectivity index (χ0) is 23.8. The van der Waals surface area contributed by atoms with Crippen LogP contribution < -0.4 is 10.1 Å². The highest BCUT2D eigenvalue weighted by molar-refractivity contribution is 5.94. The Morgan fingerprint density at radius 3 is 2.74 bits per heavy atom. The zero-order valence-electron chi connectivity index (χ0n) is 19.7. The molecule has 176 valence electrons. The SMILES string of the molecule is COc1cccc(-c2cccc(NC(=O)N3CC=C(c4ncnc5[nH]c6c(c45)CCC6)CC3)c2)c1. The van der Waals surface area contributed by atoms with E-state index < -0.39 is 0 Å². The van der Waals surface area contributed by atoms with Crippen LogP contribution in [0.2, 0.25) is 0 Å². The number of urea groups is 1. The topological polar surface area (TPSA) is 83.1 Å². The molecule has 7 nitrogen and oxygen atoms in total. The van der Waals surface area contributed by atoms with Crippen LogP contribution in [0.4, 0.5) is 10.5 Å². The number of methoxy groups -OCH3 is 1. The van der Waals surface area contributed by atoms with Gasteiger partial charge in [0.2, 0.25) is 0 Å². The molecule has 0 spiro atoms. The largest absolute Gasteiger partial charge is 0.497 e. The van der Waals surface area contributed by atoms with E-state index in [4.69, 9.17) is 4.74 Å². The maximum absolute atomic E-state index is 13.0. The van der Waals surface area contributed by atoms with Crippen molar-refractivity contribution < 1.29 is 9.53 Å². The van der Waals surface area contributed by atoms with Crippen molar-refractivity contribution >= 4 is 28.3 Å². The molecule has 0 unspecified atom stereocenters. The molecule has 6 rings (SSSR count). The van der Waals surface area contributed by atoms with Crippen LogP contribution in [-0.2, 0) is 12.8 Å². The fraction of sp³-hybridized carbons (Fsp3) is 0.250. The maximum Gasteiger partial charge on any atom is 0.322 e. The predicted octanol–water partition coefficient (Wildman–Crippen LogP) is 5.44. The minimum Gasteiger partial charge on any atom is -0.497 e. The number of carbonyl (C=O) groups excluding carboxylic acids is 1. The Hall–Kier alpha value is -4.13. The maximum atomic E-state index is 13.0. The predicted molar refractivity (Wildman–Crippen MR) is 138 cm³/mol. The van der Waals surface area contributed by atoms with Crippen LogP contribution in [-0.4, -0.2) is 46.1 Å². The summed E-state index contributed by atoms with van der Waals surface area (Å²) in [5, 5.41) is 4.23. The van der Waals surface area contributed by atoms with Gasteiger partial charge in [0.1, 0.15) is 17.7 Å². The van der Waals surface area contributed by atoms with Crippen molar-refractivity contribution in [2.75, 3.05) is 25.5 Å². The summed E-state index contributed by atoms with van der Waals surface area (Å²) in [6, 6.07) is 15.7. The van der Waals surface area contributed by atoms with E-state index >= 15 is 0 Å². The molecule has 0 saturated carbocycles. The van der Waals surface area contributed by atoms with E-state index in [1.807, 2.05) is 53.4 Å². The minimum atomic E-state index is -0.0986. The van der Waals surface area contributed by atoms with Crippen molar-refractivity contribution in [2.45, 2.75) is 25.7 Å².